The van der Waals surface area contributed by atoms with Crippen LogP contribution in [0.15, 0.2) is 29.2 Å². The van der Waals surface area contributed by atoms with Crippen LogP contribution in [-0.2, 0) is 19.5 Å². The van der Waals surface area contributed by atoms with Gasteiger partial charge in [0.1, 0.15) is 0 Å². The highest BCUT2D eigenvalue weighted by molar-refractivity contribution is 7.89. The molecular weight excluding hydrogens is 314 g/mol. The maximum absolute atomic E-state index is 12.8. The fourth-order valence-electron chi connectivity index (χ4n) is 3.66. The Bertz CT molecular complexity index is 650. The lowest BCUT2D eigenvalue weighted by molar-refractivity contribution is 0.0312. The number of hydrogen-bond donors (Lipinski definition) is 0. The molecule has 23 heavy (non-hydrogen) atoms. The number of sulfonamides is 1. The van der Waals surface area contributed by atoms with Gasteiger partial charge in [0.05, 0.1) is 24.2 Å². The topological polar surface area (TPSA) is 55.8 Å². The van der Waals surface area contributed by atoms with Gasteiger partial charge >= 0.3 is 0 Å². The molecule has 5 nitrogen and oxygen atoms in total. The number of methoxy groups -OCH3 is 1. The van der Waals surface area contributed by atoms with Crippen LogP contribution in [0.2, 0.25) is 0 Å². The predicted octanol–water partition coefficient (Wildman–Crippen LogP) is 2.20. The molecule has 2 aliphatic rings. The second kappa shape index (κ2) is 6.51. The SMILES string of the molecule is COC[C@@H]1CC2(CCN(S(=O)(=O)c3cccc(C)c3)CC2)CO1. The number of nitrogens with zero attached hydrogens (tertiary/aromatic N) is 1. The summed E-state index contributed by atoms with van der Waals surface area (Å²) >= 11 is 0. The molecule has 0 amide bonds. The minimum Gasteiger partial charge on any atom is -0.382 e. The molecule has 1 aromatic rings. The van der Waals surface area contributed by atoms with Crippen molar-refractivity contribution in [2.75, 3.05) is 33.4 Å². The smallest absolute Gasteiger partial charge is 0.243 e. The van der Waals surface area contributed by atoms with Gasteiger partial charge in [-0.2, -0.15) is 4.31 Å². The monoisotopic (exact) mass is 339 g/mol. The Balaban J connectivity index is 1.67. The quantitative estimate of drug-likeness (QED) is 0.844. The second-order valence-electron chi connectivity index (χ2n) is 6.81. The van der Waals surface area contributed by atoms with Crippen LogP contribution in [-0.4, -0.2) is 52.2 Å². The Morgan fingerprint density at radius 1 is 1.35 bits per heavy atom. The molecule has 3 rings (SSSR count). The molecule has 2 aliphatic heterocycles. The fraction of sp³-hybridized carbons (Fsp3) is 0.647. The van der Waals surface area contributed by atoms with Gasteiger partial charge in [-0.15, -0.1) is 0 Å². The molecule has 2 heterocycles. The Kier molecular flexibility index (Phi) is 4.78. The highest BCUT2D eigenvalue weighted by atomic mass is 32.2. The van der Waals surface area contributed by atoms with E-state index >= 15 is 0 Å². The van der Waals surface area contributed by atoms with Crippen molar-refractivity contribution in [2.24, 2.45) is 5.41 Å². The maximum Gasteiger partial charge on any atom is 0.243 e. The van der Waals surface area contributed by atoms with Gasteiger partial charge in [0, 0.05) is 20.2 Å². The maximum atomic E-state index is 12.8. The van der Waals surface area contributed by atoms with Crippen LogP contribution in [0.5, 0.6) is 0 Å². The van der Waals surface area contributed by atoms with E-state index < -0.39 is 10.0 Å². The Hall–Kier alpha value is -0.950. The molecule has 0 radical (unpaired) electrons. The summed E-state index contributed by atoms with van der Waals surface area (Å²) in [5.74, 6) is 0. The third kappa shape index (κ3) is 3.45. The summed E-state index contributed by atoms with van der Waals surface area (Å²) in [6.45, 7) is 4.39. The minimum absolute atomic E-state index is 0.127. The van der Waals surface area contributed by atoms with E-state index in [0.29, 0.717) is 24.6 Å². The Labute approximate surface area is 138 Å². The Morgan fingerprint density at radius 3 is 2.74 bits per heavy atom. The number of rotatable bonds is 4. The first-order chi connectivity index (χ1) is 11.0. The number of hydrogen-bond acceptors (Lipinski definition) is 4. The van der Waals surface area contributed by atoms with Crippen LogP contribution >= 0.6 is 0 Å². The van der Waals surface area contributed by atoms with Crippen molar-refractivity contribution in [1.29, 1.82) is 0 Å². The first-order valence-corrected chi connectivity index (χ1v) is 9.57. The van der Waals surface area contributed by atoms with Crippen molar-refractivity contribution < 1.29 is 17.9 Å². The van der Waals surface area contributed by atoms with E-state index in [1.165, 1.54) is 0 Å². The third-order valence-electron chi connectivity index (χ3n) is 5.05. The fourth-order valence-corrected chi connectivity index (χ4v) is 5.21. The van der Waals surface area contributed by atoms with E-state index in [2.05, 4.69) is 0 Å². The summed E-state index contributed by atoms with van der Waals surface area (Å²) < 4.78 is 38.2. The highest BCUT2D eigenvalue weighted by Crippen LogP contribution is 2.42. The van der Waals surface area contributed by atoms with Crippen LogP contribution in [0.3, 0.4) is 0 Å². The molecule has 1 aromatic carbocycles. The summed E-state index contributed by atoms with van der Waals surface area (Å²) in [5, 5.41) is 0. The lowest BCUT2D eigenvalue weighted by Crippen LogP contribution is -2.43. The van der Waals surface area contributed by atoms with Gasteiger partial charge in [-0.1, -0.05) is 12.1 Å². The molecule has 0 saturated carbocycles. The molecule has 6 heteroatoms. The molecular formula is C17H25NO4S. The van der Waals surface area contributed by atoms with E-state index in [-0.39, 0.29) is 11.5 Å². The van der Waals surface area contributed by atoms with E-state index in [9.17, 15) is 8.42 Å². The molecule has 0 aromatic heterocycles. The third-order valence-corrected chi connectivity index (χ3v) is 6.94. The number of ether oxygens (including phenoxy) is 2. The average Bonchev–Trinajstić information content (AvgIpc) is 2.91. The number of aryl methyl sites for hydroxylation is 1. The molecule has 0 unspecified atom stereocenters. The van der Waals surface area contributed by atoms with E-state index in [4.69, 9.17) is 9.47 Å². The van der Waals surface area contributed by atoms with Crippen LogP contribution in [0.1, 0.15) is 24.8 Å². The summed E-state index contributed by atoms with van der Waals surface area (Å²) in [4.78, 5) is 0.397. The molecule has 2 fully saturated rings. The van der Waals surface area contributed by atoms with E-state index in [0.717, 1.165) is 31.4 Å². The van der Waals surface area contributed by atoms with E-state index in [1.807, 2.05) is 13.0 Å². The number of benzene rings is 1. The average molecular weight is 339 g/mol. The van der Waals surface area contributed by atoms with Crippen molar-refractivity contribution in [3.63, 3.8) is 0 Å². The van der Waals surface area contributed by atoms with Crippen LogP contribution < -0.4 is 0 Å². The molecule has 1 atom stereocenters. The van der Waals surface area contributed by atoms with Crippen LogP contribution in [0.4, 0.5) is 0 Å². The summed E-state index contributed by atoms with van der Waals surface area (Å²) in [6.07, 6.45) is 2.84. The van der Waals surface area contributed by atoms with Crippen molar-refractivity contribution in [3.8, 4) is 0 Å². The standard InChI is InChI=1S/C17H25NO4S/c1-14-4-3-5-16(10-14)23(19,20)18-8-6-17(7-9-18)11-15(12-21-2)22-13-17/h3-5,10,15H,6-9,11-13H2,1-2H3/t15-/m0/s1. The molecule has 128 valence electrons. The molecule has 1 spiro atoms. The minimum atomic E-state index is -3.39. The zero-order chi connectivity index (χ0) is 16.5. The van der Waals surface area contributed by atoms with Gasteiger partial charge in [-0.25, -0.2) is 8.42 Å². The summed E-state index contributed by atoms with van der Waals surface area (Å²) in [5.41, 5.74) is 1.09. The van der Waals surface area contributed by atoms with Gasteiger partial charge in [-0.3, -0.25) is 0 Å². The van der Waals surface area contributed by atoms with Crippen molar-refractivity contribution in [3.05, 3.63) is 29.8 Å². The van der Waals surface area contributed by atoms with Gasteiger partial charge in [0.15, 0.2) is 0 Å². The lowest BCUT2D eigenvalue weighted by atomic mass is 9.77. The summed E-state index contributed by atoms with van der Waals surface area (Å²) in [7, 11) is -1.70. The Morgan fingerprint density at radius 2 is 2.09 bits per heavy atom. The number of piperidine rings is 1. The van der Waals surface area contributed by atoms with Crippen molar-refractivity contribution >= 4 is 10.0 Å². The largest absolute Gasteiger partial charge is 0.382 e. The van der Waals surface area contributed by atoms with Crippen molar-refractivity contribution in [1.82, 2.24) is 4.31 Å². The molecule has 0 aliphatic carbocycles. The predicted molar refractivity (Wildman–Crippen MR) is 87.8 cm³/mol. The zero-order valence-electron chi connectivity index (χ0n) is 13.8. The normalized spacial score (nSPS) is 25.0. The van der Waals surface area contributed by atoms with Gasteiger partial charge < -0.3 is 9.47 Å². The van der Waals surface area contributed by atoms with E-state index in [1.54, 1.807) is 29.6 Å². The van der Waals surface area contributed by atoms with Gasteiger partial charge in [-0.05, 0) is 49.3 Å². The van der Waals surface area contributed by atoms with Gasteiger partial charge in [0.25, 0.3) is 0 Å². The molecule has 2 saturated heterocycles. The summed E-state index contributed by atoms with van der Waals surface area (Å²) in [6, 6.07) is 7.14. The van der Waals surface area contributed by atoms with Crippen LogP contribution in [0, 0.1) is 12.3 Å². The second-order valence-corrected chi connectivity index (χ2v) is 8.75. The highest BCUT2D eigenvalue weighted by Gasteiger charge is 2.44. The first-order valence-electron chi connectivity index (χ1n) is 8.13. The molecule has 0 bridgehead atoms. The first kappa shape index (κ1) is 16.9. The van der Waals surface area contributed by atoms with Crippen LogP contribution in [0.25, 0.3) is 0 Å². The van der Waals surface area contributed by atoms with Gasteiger partial charge in [0.2, 0.25) is 10.0 Å². The zero-order valence-corrected chi connectivity index (χ0v) is 14.6. The van der Waals surface area contributed by atoms with Crippen molar-refractivity contribution in [2.45, 2.75) is 37.2 Å². The molecule has 0 N–H and O–H groups in total. The lowest BCUT2D eigenvalue weighted by Gasteiger charge is -2.37.